The van der Waals surface area contributed by atoms with E-state index in [1.165, 1.54) is 6.92 Å². The molecule has 1 fully saturated rings. The molecule has 1 aromatic carbocycles. The molecule has 3 aliphatic heterocycles. The predicted octanol–water partition coefficient (Wildman–Crippen LogP) is 1.50. The number of benzene rings is 1. The summed E-state index contributed by atoms with van der Waals surface area (Å²) in [4.78, 5) is 39.3. The van der Waals surface area contributed by atoms with E-state index in [2.05, 4.69) is 4.90 Å². The Morgan fingerprint density at radius 2 is 1.67 bits per heavy atom. The van der Waals surface area contributed by atoms with Gasteiger partial charge in [0.05, 0.1) is 36.9 Å². The number of hydrogen-bond donors (Lipinski definition) is 2. The third-order valence-electron chi connectivity index (χ3n) is 7.67. The zero-order chi connectivity index (χ0) is 27.9. The summed E-state index contributed by atoms with van der Waals surface area (Å²) >= 11 is 0. The normalized spacial score (nSPS) is 30.0. The lowest BCUT2D eigenvalue weighted by Gasteiger charge is -2.46. The van der Waals surface area contributed by atoms with Crippen LogP contribution >= 0.6 is 0 Å². The van der Waals surface area contributed by atoms with Gasteiger partial charge in [-0.25, -0.2) is 0 Å². The summed E-state index contributed by atoms with van der Waals surface area (Å²) < 4.78 is 28.1. The molecule has 1 aromatic rings. The van der Waals surface area contributed by atoms with Crippen LogP contribution in [-0.4, -0.2) is 82.9 Å². The first kappa shape index (κ1) is 27.4. The van der Waals surface area contributed by atoms with Crippen molar-refractivity contribution in [2.45, 2.75) is 95.0 Å². The van der Waals surface area contributed by atoms with Crippen molar-refractivity contribution in [1.29, 1.82) is 0 Å². The van der Waals surface area contributed by atoms with Gasteiger partial charge in [0.25, 0.3) is 0 Å². The lowest BCUT2D eigenvalue weighted by molar-refractivity contribution is -0.157. The molecule has 11 nitrogen and oxygen atoms in total. The van der Waals surface area contributed by atoms with Gasteiger partial charge < -0.3 is 33.9 Å². The molecule has 1 aliphatic carbocycles. The van der Waals surface area contributed by atoms with E-state index in [0.29, 0.717) is 31.0 Å². The molecular weight excluding hydrogens is 510 g/mol. The molecule has 0 radical (unpaired) electrons. The molecule has 0 aromatic heterocycles. The Hall–Kier alpha value is -3.15. The van der Waals surface area contributed by atoms with Crippen molar-refractivity contribution >= 4 is 17.9 Å². The highest BCUT2D eigenvalue weighted by atomic mass is 16.7. The summed E-state index contributed by atoms with van der Waals surface area (Å²) in [6.07, 6.45) is 0.597. The van der Waals surface area contributed by atoms with Crippen LogP contribution in [0.3, 0.4) is 0 Å². The second kappa shape index (κ2) is 10.8. The van der Waals surface area contributed by atoms with E-state index >= 15 is 0 Å². The average Bonchev–Trinajstić information content (AvgIpc) is 3.36. The van der Waals surface area contributed by atoms with Crippen molar-refractivity contribution in [2.24, 2.45) is 0 Å². The maximum atomic E-state index is 12.7. The van der Waals surface area contributed by atoms with Crippen LogP contribution in [0.25, 0.3) is 0 Å². The van der Waals surface area contributed by atoms with E-state index in [9.17, 15) is 24.6 Å². The number of nitrogens with zero attached hydrogens (tertiary/aromatic N) is 1. The summed E-state index contributed by atoms with van der Waals surface area (Å²) in [7, 11) is 0. The molecule has 3 heterocycles. The second-order valence-corrected chi connectivity index (χ2v) is 11.0. The zero-order valence-corrected chi connectivity index (χ0v) is 22.3. The third kappa shape index (κ3) is 5.48. The third-order valence-corrected chi connectivity index (χ3v) is 7.67. The number of esters is 3. The molecule has 0 spiro atoms. The number of ether oxygens (including phenoxy) is 5. The van der Waals surface area contributed by atoms with Crippen molar-refractivity contribution in [3.63, 3.8) is 0 Å². The summed E-state index contributed by atoms with van der Waals surface area (Å²) in [6, 6.07) is 3.82. The van der Waals surface area contributed by atoms with E-state index in [0.717, 1.165) is 11.1 Å². The van der Waals surface area contributed by atoms with Gasteiger partial charge in [0.15, 0.2) is 11.5 Å². The van der Waals surface area contributed by atoms with Gasteiger partial charge in [0, 0.05) is 25.6 Å². The molecule has 2 bridgehead atoms. The van der Waals surface area contributed by atoms with Crippen LogP contribution in [-0.2, 0) is 40.6 Å². The summed E-state index contributed by atoms with van der Waals surface area (Å²) in [6.45, 7) is 5.87. The Balaban J connectivity index is 1.35. The molecule has 1 saturated heterocycles. The van der Waals surface area contributed by atoms with Crippen molar-refractivity contribution in [1.82, 2.24) is 4.90 Å². The molecule has 4 aliphatic rings. The van der Waals surface area contributed by atoms with Crippen LogP contribution in [0.5, 0.6) is 11.5 Å². The highest BCUT2D eigenvalue weighted by molar-refractivity contribution is 5.73. The van der Waals surface area contributed by atoms with Gasteiger partial charge in [0.2, 0.25) is 6.79 Å². The molecule has 212 valence electrons. The van der Waals surface area contributed by atoms with Crippen molar-refractivity contribution < 1.29 is 48.3 Å². The molecule has 0 saturated carbocycles. The number of aliphatic hydroxyl groups excluding tert-OH is 2. The lowest BCUT2D eigenvalue weighted by Crippen LogP contribution is -2.53. The quantitative estimate of drug-likeness (QED) is 0.265. The van der Waals surface area contributed by atoms with Gasteiger partial charge in [-0.3, -0.25) is 19.3 Å². The van der Waals surface area contributed by atoms with Crippen LogP contribution in [0.15, 0.2) is 24.3 Å². The first-order valence-electron chi connectivity index (χ1n) is 13.4. The van der Waals surface area contributed by atoms with Gasteiger partial charge in [0.1, 0.15) is 18.3 Å². The first-order valence-corrected chi connectivity index (χ1v) is 13.4. The van der Waals surface area contributed by atoms with Gasteiger partial charge in [-0.15, -0.1) is 0 Å². The maximum Gasteiger partial charge on any atom is 0.310 e. The molecule has 5 rings (SSSR count). The topological polar surface area (TPSA) is 141 Å². The van der Waals surface area contributed by atoms with Gasteiger partial charge in [-0.2, -0.15) is 0 Å². The van der Waals surface area contributed by atoms with E-state index in [4.69, 9.17) is 23.7 Å². The van der Waals surface area contributed by atoms with E-state index in [-0.39, 0.29) is 32.1 Å². The smallest absolute Gasteiger partial charge is 0.310 e. The molecule has 4 unspecified atom stereocenters. The average molecular weight is 546 g/mol. The summed E-state index contributed by atoms with van der Waals surface area (Å²) in [5, 5.41) is 19.0. The monoisotopic (exact) mass is 545 g/mol. The Morgan fingerprint density at radius 1 is 1.00 bits per heavy atom. The molecule has 8 atom stereocenters. The van der Waals surface area contributed by atoms with E-state index in [1.54, 1.807) is 13.8 Å². The van der Waals surface area contributed by atoms with Crippen molar-refractivity contribution in [2.75, 3.05) is 13.3 Å². The van der Waals surface area contributed by atoms with Crippen molar-refractivity contribution in [3.05, 3.63) is 35.4 Å². The van der Waals surface area contributed by atoms with Gasteiger partial charge >= 0.3 is 17.9 Å². The second-order valence-electron chi connectivity index (χ2n) is 11.0. The Morgan fingerprint density at radius 3 is 2.38 bits per heavy atom. The number of fused-ring (bicyclic) bond motifs is 2. The minimum atomic E-state index is -0.822. The van der Waals surface area contributed by atoms with E-state index in [1.807, 2.05) is 24.3 Å². The number of hydrogen-bond acceptors (Lipinski definition) is 11. The fourth-order valence-electron chi connectivity index (χ4n) is 6.17. The summed E-state index contributed by atoms with van der Waals surface area (Å²) in [5.74, 6) is -0.230. The first-order chi connectivity index (χ1) is 18.5. The largest absolute Gasteiger partial charge is 0.462 e. The van der Waals surface area contributed by atoms with Crippen LogP contribution in [0.1, 0.15) is 57.6 Å². The summed E-state index contributed by atoms with van der Waals surface area (Å²) in [5.41, 5.74) is 1.35. The van der Waals surface area contributed by atoms with Crippen LogP contribution in [0.2, 0.25) is 0 Å². The molecule has 39 heavy (non-hydrogen) atoms. The highest BCUT2D eigenvalue weighted by Crippen LogP contribution is 2.54. The van der Waals surface area contributed by atoms with Crippen LogP contribution in [0.4, 0.5) is 0 Å². The number of carbonyl (C=O) groups excluding carboxylic acids is 3. The maximum absolute atomic E-state index is 12.7. The Labute approximate surface area is 226 Å². The SMILES string of the molecule is CC(O)CC(=O)OC(C)CC(=O)O[C@H]1C=C[C@@]23c4cc5c(cc4CN(C[C@@H]2OC(=O)CC(C)O)[C@H]3C1)OCO5. The minimum Gasteiger partial charge on any atom is -0.462 e. The number of carbonyl (C=O) groups is 3. The fraction of sp³-hybridized carbons (Fsp3) is 0.607. The highest BCUT2D eigenvalue weighted by Gasteiger charge is 2.61. The lowest BCUT2D eigenvalue weighted by atomic mass is 9.65. The minimum absolute atomic E-state index is 0.102. The molecular formula is C28H35NO10. The Bertz CT molecular complexity index is 1160. The fourth-order valence-corrected chi connectivity index (χ4v) is 6.17. The van der Waals surface area contributed by atoms with Gasteiger partial charge in [-0.05, 0) is 50.1 Å². The molecule has 11 heteroatoms. The predicted molar refractivity (Wildman–Crippen MR) is 135 cm³/mol. The molecule has 2 N–H and O–H groups in total. The van der Waals surface area contributed by atoms with Crippen LogP contribution < -0.4 is 9.47 Å². The molecule has 0 amide bonds. The zero-order valence-electron chi connectivity index (χ0n) is 22.3. The van der Waals surface area contributed by atoms with Crippen molar-refractivity contribution in [3.8, 4) is 11.5 Å². The number of rotatable bonds is 9. The van der Waals surface area contributed by atoms with Crippen LogP contribution in [0, 0.1) is 0 Å². The van der Waals surface area contributed by atoms with Gasteiger partial charge in [-0.1, -0.05) is 6.08 Å². The Kier molecular flexibility index (Phi) is 7.58. The van der Waals surface area contributed by atoms with E-state index < -0.39 is 53.8 Å². The standard InChI is InChI=1S/C28H35NO10/c1-15(30)6-25(32)37-17(3)8-27(34)38-19-4-5-28-20-11-22-21(35-14-36-22)9-18(20)12-29(23(28)10-19)13-24(28)39-26(33)7-16(2)31/h4-5,9,11,15-17,19,23-24,30-31H,6-8,10,12-14H2,1-3H3/t15?,16?,17?,19-,23-,24-,28-/m0/s1. The number of aliphatic hydroxyl groups is 2.